The zero-order valence-corrected chi connectivity index (χ0v) is 6.40. The van der Waals surface area contributed by atoms with E-state index in [9.17, 15) is 4.79 Å². The lowest BCUT2D eigenvalue weighted by molar-refractivity contribution is 0.111. The van der Waals surface area contributed by atoms with E-state index in [1.807, 2.05) is 0 Å². The maximum atomic E-state index is 10.1. The summed E-state index contributed by atoms with van der Waals surface area (Å²) < 4.78 is 0. The molecular weight excluding hydrogens is 158 g/mol. The molecule has 1 aromatic rings. The second-order valence-electron chi connectivity index (χ2n) is 2.10. The molecule has 1 heterocycles. The maximum absolute atomic E-state index is 10.1. The molecule has 0 aliphatic carbocycles. The first-order valence-corrected chi connectivity index (χ1v) is 3.49. The second-order valence-corrected chi connectivity index (χ2v) is 2.10. The molecular formula is C7H9N3O2. The summed E-state index contributed by atoms with van der Waals surface area (Å²) in [6, 6.07) is 0. The van der Waals surface area contributed by atoms with E-state index in [2.05, 4.69) is 15.3 Å². The molecule has 0 spiro atoms. The molecule has 0 saturated heterocycles. The van der Waals surface area contributed by atoms with Crippen LogP contribution in [-0.4, -0.2) is 34.5 Å². The van der Waals surface area contributed by atoms with E-state index in [1.165, 1.54) is 12.4 Å². The van der Waals surface area contributed by atoms with E-state index < -0.39 is 0 Å². The van der Waals surface area contributed by atoms with Crippen LogP contribution in [0.3, 0.4) is 0 Å². The van der Waals surface area contributed by atoms with Gasteiger partial charge in [0.05, 0.1) is 24.7 Å². The first-order valence-electron chi connectivity index (χ1n) is 3.49. The molecule has 12 heavy (non-hydrogen) atoms. The molecule has 0 radical (unpaired) electrons. The highest BCUT2D eigenvalue weighted by Crippen LogP contribution is 2.00. The van der Waals surface area contributed by atoms with Crippen molar-refractivity contribution in [3.63, 3.8) is 0 Å². The van der Waals surface area contributed by atoms with Gasteiger partial charge in [0.15, 0.2) is 12.1 Å². The van der Waals surface area contributed by atoms with Gasteiger partial charge in [0.2, 0.25) is 0 Å². The van der Waals surface area contributed by atoms with Crippen LogP contribution in [0.4, 0.5) is 5.69 Å². The van der Waals surface area contributed by atoms with Crippen LogP contribution in [0.25, 0.3) is 0 Å². The van der Waals surface area contributed by atoms with Crippen LogP contribution in [-0.2, 0) is 0 Å². The highest BCUT2D eigenvalue weighted by Gasteiger charge is 1.93. The Hall–Kier alpha value is -1.49. The lowest BCUT2D eigenvalue weighted by atomic mass is 10.5. The van der Waals surface area contributed by atoms with E-state index in [0.29, 0.717) is 18.5 Å². The highest BCUT2D eigenvalue weighted by atomic mass is 16.3. The fourth-order valence-electron chi connectivity index (χ4n) is 0.690. The largest absolute Gasteiger partial charge is 0.395 e. The Kier molecular flexibility index (Phi) is 3.16. The van der Waals surface area contributed by atoms with Gasteiger partial charge in [-0.2, -0.15) is 0 Å². The van der Waals surface area contributed by atoms with Crippen molar-refractivity contribution in [1.29, 1.82) is 0 Å². The summed E-state index contributed by atoms with van der Waals surface area (Å²) in [5, 5.41) is 11.3. The summed E-state index contributed by atoms with van der Waals surface area (Å²) in [5.74, 6) is 0.157. The molecule has 0 aromatic carbocycles. The van der Waals surface area contributed by atoms with Gasteiger partial charge in [-0.3, -0.25) is 4.79 Å². The molecule has 5 nitrogen and oxygen atoms in total. The fraction of sp³-hybridized carbons (Fsp3) is 0.286. The molecule has 0 saturated carbocycles. The Bertz CT molecular complexity index is 247. The second kappa shape index (κ2) is 4.40. The highest BCUT2D eigenvalue weighted by molar-refractivity contribution is 5.68. The van der Waals surface area contributed by atoms with Crippen LogP contribution in [0, 0.1) is 0 Å². The van der Waals surface area contributed by atoms with Crippen molar-refractivity contribution in [3.8, 4) is 0 Å². The van der Waals surface area contributed by atoms with Crippen molar-refractivity contribution >= 4 is 12.0 Å². The number of carbonyl (C=O) groups is 1. The number of aldehydes is 1. The van der Waals surface area contributed by atoms with Crippen LogP contribution < -0.4 is 5.32 Å². The molecule has 0 unspecified atom stereocenters. The van der Waals surface area contributed by atoms with Gasteiger partial charge in [0.25, 0.3) is 0 Å². The molecule has 1 rings (SSSR count). The molecule has 0 bridgehead atoms. The Morgan fingerprint density at radius 1 is 1.50 bits per heavy atom. The number of rotatable bonds is 4. The zero-order chi connectivity index (χ0) is 8.81. The zero-order valence-electron chi connectivity index (χ0n) is 6.40. The summed E-state index contributed by atoms with van der Waals surface area (Å²) in [7, 11) is 0. The molecule has 2 N–H and O–H groups in total. The molecule has 0 atom stereocenters. The normalized spacial score (nSPS) is 9.42. The van der Waals surface area contributed by atoms with Crippen LogP contribution in [0.15, 0.2) is 12.4 Å². The first-order chi connectivity index (χ1) is 5.86. The first kappa shape index (κ1) is 8.61. The number of carbonyl (C=O) groups excluding carboxylic acids is 1. The van der Waals surface area contributed by atoms with Crippen molar-refractivity contribution in [2.45, 2.75) is 0 Å². The van der Waals surface area contributed by atoms with Gasteiger partial charge in [-0.1, -0.05) is 0 Å². The van der Waals surface area contributed by atoms with E-state index >= 15 is 0 Å². The smallest absolute Gasteiger partial charge is 0.192 e. The third-order valence-corrected chi connectivity index (χ3v) is 1.22. The summed E-state index contributed by atoms with van der Waals surface area (Å²) in [6.45, 7) is 0.499. The van der Waals surface area contributed by atoms with Crippen molar-refractivity contribution in [1.82, 2.24) is 9.97 Å². The van der Waals surface area contributed by atoms with E-state index in [4.69, 9.17) is 5.11 Å². The molecule has 5 heteroatoms. The topological polar surface area (TPSA) is 75.1 Å². The Balaban J connectivity index is 2.58. The lowest BCUT2D eigenvalue weighted by Crippen LogP contribution is -2.06. The average Bonchev–Trinajstić information content (AvgIpc) is 2.15. The van der Waals surface area contributed by atoms with Crippen LogP contribution in [0.2, 0.25) is 0 Å². The minimum atomic E-state index is 0.0510. The molecule has 1 aromatic heterocycles. The van der Waals surface area contributed by atoms with Gasteiger partial charge >= 0.3 is 0 Å². The molecule has 0 aliphatic heterocycles. The molecule has 0 fully saturated rings. The number of aromatic nitrogens is 2. The van der Waals surface area contributed by atoms with Gasteiger partial charge in [-0.25, -0.2) is 9.97 Å². The van der Waals surface area contributed by atoms with Crippen LogP contribution >= 0.6 is 0 Å². The number of hydrogen-bond acceptors (Lipinski definition) is 5. The number of anilines is 1. The van der Waals surface area contributed by atoms with Crippen molar-refractivity contribution in [2.75, 3.05) is 18.5 Å². The minimum absolute atomic E-state index is 0.0510. The molecule has 0 amide bonds. The number of nitrogens with one attached hydrogen (secondary N) is 1. The quantitative estimate of drug-likeness (QED) is 0.602. The standard InChI is InChI=1S/C7H9N3O2/c11-2-1-8-6-3-9-7(5-12)10-4-6/h3-5,8,11H,1-2H2. The summed E-state index contributed by atoms with van der Waals surface area (Å²) >= 11 is 0. The third kappa shape index (κ3) is 2.28. The molecule has 64 valence electrons. The average molecular weight is 167 g/mol. The van der Waals surface area contributed by atoms with Crippen LogP contribution in [0.5, 0.6) is 0 Å². The maximum Gasteiger partial charge on any atom is 0.192 e. The SMILES string of the molecule is O=Cc1ncc(NCCO)cn1. The Labute approximate surface area is 69.5 Å². The summed E-state index contributed by atoms with van der Waals surface area (Å²) in [5.41, 5.74) is 0.689. The van der Waals surface area contributed by atoms with Gasteiger partial charge in [-0.15, -0.1) is 0 Å². The summed E-state index contributed by atoms with van der Waals surface area (Å²) in [6.07, 6.45) is 3.56. The third-order valence-electron chi connectivity index (χ3n) is 1.22. The van der Waals surface area contributed by atoms with Crippen molar-refractivity contribution in [3.05, 3.63) is 18.2 Å². The van der Waals surface area contributed by atoms with Gasteiger partial charge in [0.1, 0.15) is 0 Å². The van der Waals surface area contributed by atoms with Crippen molar-refractivity contribution < 1.29 is 9.90 Å². The lowest BCUT2D eigenvalue weighted by Gasteiger charge is -2.01. The van der Waals surface area contributed by atoms with Crippen LogP contribution in [0.1, 0.15) is 10.6 Å². The number of hydrogen-bond donors (Lipinski definition) is 2. The van der Waals surface area contributed by atoms with E-state index in [1.54, 1.807) is 0 Å². The number of aliphatic hydroxyl groups excluding tert-OH is 1. The predicted molar refractivity (Wildman–Crippen MR) is 43.0 cm³/mol. The van der Waals surface area contributed by atoms with Gasteiger partial charge in [-0.05, 0) is 0 Å². The Morgan fingerprint density at radius 2 is 2.17 bits per heavy atom. The van der Waals surface area contributed by atoms with E-state index in [0.717, 1.165) is 0 Å². The monoisotopic (exact) mass is 167 g/mol. The Morgan fingerprint density at radius 3 is 2.67 bits per heavy atom. The van der Waals surface area contributed by atoms with Gasteiger partial charge < -0.3 is 10.4 Å². The molecule has 0 aliphatic rings. The van der Waals surface area contributed by atoms with E-state index in [-0.39, 0.29) is 12.4 Å². The summed E-state index contributed by atoms with van der Waals surface area (Å²) in [4.78, 5) is 17.6. The number of aliphatic hydroxyl groups is 1. The predicted octanol–water partition coefficient (Wildman–Crippen LogP) is -0.307. The van der Waals surface area contributed by atoms with Crippen molar-refractivity contribution in [2.24, 2.45) is 0 Å². The number of nitrogens with zero attached hydrogens (tertiary/aromatic N) is 2. The minimum Gasteiger partial charge on any atom is -0.395 e. The fourth-order valence-corrected chi connectivity index (χ4v) is 0.690. The van der Waals surface area contributed by atoms with Gasteiger partial charge in [0, 0.05) is 6.54 Å².